The fourth-order valence-corrected chi connectivity index (χ4v) is 4.40. The first-order valence-electron chi connectivity index (χ1n) is 13.4. The number of aromatic nitrogens is 1. The van der Waals surface area contributed by atoms with E-state index in [0.29, 0.717) is 11.1 Å². The number of carbonyl (C=O) groups excluding carboxylic acids is 4. The Labute approximate surface area is 245 Å². The first-order valence-corrected chi connectivity index (χ1v) is 13.4. The van der Waals surface area contributed by atoms with Gasteiger partial charge in [-0.2, -0.15) is 0 Å². The molecule has 1 aromatic heterocycles. The molecule has 0 atom stereocenters. The van der Waals surface area contributed by atoms with Crippen LogP contribution in [0.1, 0.15) is 41.7 Å². The molecule has 0 fully saturated rings. The van der Waals surface area contributed by atoms with Crippen LogP contribution in [0.4, 0.5) is 11.4 Å². The number of esters is 2. The molecule has 1 aliphatic rings. The molecule has 11 heteroatoms. The second-order valence-electron chi connectivity index (χ2n) is 10.4. The van der Waals surface area contributed by atoms with E-state index >= 15 is 0 Å². The smallest absolute Gasteiger partial charge is 0.338 e. The minimum atomic E-state index is -0.601. The minimum absolute atomic E-state index is 0.0808. The number of cyclic esters (lactones) is 2. The van der Waals surface area contributed by atoms with Gasteiger partial charge in [0.1, 0.15) is 24.6 Å². The van der Waals surface area contributed by atoms with Gasteiger partial charge in [0, 0.05) is 53.7 Å². The van der Waals surface area contributed by atoms with E-state index in [9.17, 15) is 19.2 Å². The molecule has 4 rings (SSSR count). The predicted molar refractivity (Wildman–Crippen MR) is 159 cm³/mol. The lowest BCUT2D eigenvalue weighted by Crippen LogP contribution is -2.33. The maximum atomic E-state index is 13.5. The van der Waals surface area contributed by atoms with Crippen LogP contribution in [-0.2, 0) is 9.47 Å². The Hall–Kier alpha value is -4.93. The van der Waals surface area contributed by atoms with Crippen molar-refractivity contribution in [3.8, 4) is 11.1 Å². The first kappa shape index (κ1) is 30.0. The zero-order valence-electron chi connectivity index (χ0n) is 24.7. The summed E-state index contributed by atoms with van der Waals surface area (Å²) in [6, 6.07) is 15.3. The number of benzene rings is 2. The van der Waals surface area contributed by atoms with Crippen molar-refractivity contribution in [1.82, 2.24) is 14.8 Å². The Balaban J connectivity index is 1.79. The molecule has 11 nitrogen and oxygen atoms in total. The maximum absolute atomic E-state index is 13.5. The molecule has 0 radical (unpaired) electrons. The number of pyridine rings is 1. The highest BCUT2D eigenvalue weighted by Gasteiger charge is 2.24. The molecule has 2 amide bonds. The monoisotopic (exact) mass is 573 g/mol. The third-order valence-electron chi connectivity index (χ3n) is 6.97. The van der Waals surface area contributed by atoms with Crippen molar-refractivity contribution < 1.29 is 28.7 Å². The quantitative estimate of drug-likeness (QED) is 0.427. The summed E-state index contributed by atoms with van der Waals surface area (Å²) in [6.45, 7) is 0.0370. The number of likely N-dealkylation sites (N-methyl/N-ethyl adjacent to an activating group) is 2. The summed E-state index contributed by atoms with van der Waals surface area (Å²) in [7, 11) is 10.6. The minimum Gasteiger partial charge on any atom is -0.460 e. The molecular weight excluding hydrogens is 538 g/mol. The summed E-state index contributed by atoms with van der Waals surface area (Å²) < 4.78 is 11.2. The number of rotatable bonds is 2. The number of amides is 2. The van der Waals surface area contributed by atoms with E-state index in [1.807, 2.05) is 50.1 Å². The van der Waals surface area contributed by atoms with Crippen molar-refractivity contribution in [1.29, 1.82) is 0 Å². The van der Waals surface area contributed by atoms with Gasteiger partial charge in [0.05, 0.1) is 24.2 Å². The molecule has 1 aliphatic heterocycles. The van der Waals surface area contributed by atoms with Gasteiger partial charge < -0.3 is 29.1 Å². The van der Waals surface area contributed by atoms with Gasteiger partial charge in [-0.1, -0.05) is 18.2 Å². The van der Waals surface area contributed by atoms with Crippen molar-refractivity contribution in [3.63, 3.8) is 0 Å². The summed E-state index contributed by atoms with van der Waals surface area (Å²) >= 11 is 0. The maximum Gasteiger partial charge on any atom is 0.338 e. The molecule has 0 N–H and O–H groups in total. The summed E-state index contributed by atoms with van der Waals surface area (Å²) in [5, 5.41) is 0. The van der Waals surface area contributed by atoms with Gasteiger partial charge in [0.25, 0.3) is 11.8 Å². The van der Waals surface area contributed by atoms with Crippen LogP contribution in [0.2, 0.25) is 0 Å². The number of fused-ring (bicyclic) bond motifs is 5. The second-order valence-corrected chi connectivity index (χ2v) is 10.4. The highest BCUT2D eigenvalue weighted by atomic mass is 16.5. The number of ether oxygens (including phenoxy) is 2. The molecule has 220 valence electrons. The summed E-state index contributed by atoms with van der Waals surface area (Å²) in [6.07, 6.45) is 0. The molecule has 0 saturated heterocycles. The topological polar surface area (TPSA) is 113 Å². The Morgan fingerprint density at radius 1 is 0.619 bits per heavy atom. The van der Waals surface area contributed by atoms with E-state index in [2.05, 4.69) is 4.98 Å². The van der Waals surface area contributed by atoms with Crippen molar-refractivity contribution >= 4 is 35.1 Å². The summed E-state index contributed by atoms with van der Waals surface area (Å²) in [5.74, 6) is -2.04. The second kappa shape index (κ2) is 12.7. The van der Waals surface area contributed by atoms with E-state index in [1.54, 1.807) is 44.4 Å². The zero-order valence-corrected chi connectivity index (χ0v) is 24.7. The fraction of sp³-hybridized carbons (Fsp3) is 0.323. The molecule has 0 aliphatic carbocycles. The van der Waals surface area contributed by atoms with Crippen LogP contribution in [-0.4, -0.2) is 107 Å². The lowest BCUT2D eigenvalue weighted by Gasteiger charge is -2.20. The lowest BCUT2D eigenvalue weighted by molar-refractivity contribution is 0.0448. The van der Waals surface area contributed by atoms with Crippen LogP contribution in [0, 0.1) is 0 Å². The molecule has 2 heterocycles. The molecule has 3 aromatic rings. The fourth-order valence-electron chi connectivity index (χ4n) is 4.40. The third kappa shape index (κ3) is 6.51. The number of anilines is 2. The lowest BCUT2D eigenvalue weighted by atomic mass is 9.94. The molecule has 0 spiro atoms. The standard InChI is InChI=1S/C31H35N5O6/c1-33(2)20-10-12-22-23-13-11-21(34(3)4)19-25(23)31(40)42-17-15-36(6)29(38)27-9-7-8-26(32-27)28(37)35(5)14-16-41-30(39)24(22)18-20/h7-13,18-19H,14-17H2,1-6H3. The Morgan fingerprint density at radius 3 is 1.40 bits per heavy atom. The van der Waals surface area contributed by atoms with E-state index in [0.717, 1.165) is 11.4 Å². The van der Waals surface area contributed by atoms with Gasteiger partial charge in [-0.3, -0.25) is 9.59 Å². The molecule has 0 unspecified atom stereocenters. The zero-order chi connectivity index (χ0) is 30.6. The van der Waals surface area contributed by atoms with Crippen molar-refractivity contribution in [2.75, 3.05) is 78.4 Å². The van der Waals surface area contributed by atoms with Crippen molar-refractivity contribution in [3.05, 3.63) is 77.1 Å². The van der Waals surface area contributed by atoms with Crippen LogP contribution in [0.25, 0.3) is 11.1 Å². The largest absolute Gasteiger partial charge is 0.460 e. The van der Waals surface area contributed by atoms with Gasteiger partial charge in [0.15, 0.2) is 0 Å². The molecule has 42 heavy (non-hydrogen) atoms. The molecule has 2 aromatic carbocycles. The highest BCUT2D eigenvalue weighted by molar-refractivity contribution is 6.04. The summed E-state index contributed by atoms with van der Waals surface area (Å²) in [5.41, 5.74) is 3.23. The SMILES string of the molecule is CN1CCOC(=O)c2cc(N(C)C)ccc2-c2ccc(N(C)C)cc2C(=O)OCCN(C)C(=O)c2cccc(n2)C1=O. The van der Waals surface area contributed by atoms with Crippen LogP contribution < -0.4 is 9.80 Å². The van der Waals surface area contributed by atoms with E-state index < -0.39 is 23.8 Å². The Kier molecular flexibility index (Phi) is 9.09. The third-order valence-corrected chi connectivity index (χ3v) is 6.97. The normalized spacial score (nSPS) is 15.0. The van der Waals surface area contributed by atoms with Crippen molar-refractivity contribution in [2.24, 2.45) is 0 Å². The van der Waals surface area contributed by atoms with Gasteiger partial charge in [-0.15, -0.1) is 0 Å². The number of hydrogen-bond acceptors (Lipinski definition) is 9. The number of carbonyl (C=O) groups is 4. The van der Waals surface area contributed by atoms with E-state index in [4.69, 9.17) is 9.47 Å². The average Bonchev–Trinajstić information content (AvgIpc) is 2.98. The van der Waals surface area contributed by atoms with E-state index in [1.165, 1.54) is 21.9 Å². The van der Waals surface area contributed by atoms with Crippen LogP contribution in [0.3, 0.4) is 0 Å². The summed E-state index contributed by atoms with van der Waals surface area (Å²) in [4.78, 5) is 63.7. The van der Waals surface area contributed by atoms with Crippen LogP contribution in [0.15, 0.2) is 54.6 Å². The number of hydrogen-bond donors (Lipinski definition) is 0. The van der Waals surface area contributed by atoms with Gasteiger partial charge in [-0.05, 0) is 47.5 Å². The van der Waals surface area contributed by atoms with Gasteiger partial charge in [-0.25, -0.2) is 14.6 Å². The van der Waals surface area contributed by atoms with E-state index in [-0.39, 0.29) is 48.8 Å². The number of nitrogens with zero attached hydrogens (tertiary/aromatic N) is 5. The van der Waals surface area contributed by atoms with Gasteiger partial charge in [0.2, 0.25) is 0 Å². The first-order chi connectivity index (χ1) is 20.0. The Morgan fingerprint density at radius 2 is 1.02 bits per heavy atom. The highest BCUT2D eigenvalue weighted by Crippen LogP contribution is 2.33. The Bertz CT molecular complexity index is 1410. The van der Waals surface area contributed by atoms with Crippen LogP contribution in [0.5, 0.6) is 0 Å². The average molecular weight is 574 g/mol. The van der Waals surface area contributed by atoms with Gasteiger partial charge >= 0.3 is 11.9 Å². The van der Waals surface area contributed by atoms with Crippen LogP contribution >= 0.6 is 0 Å². The van der Waals surface area contributed by atoms with Crippen molar-refractivity contribution in [2.45, 2.75) is 0 Å². The predicted octanol–water partition coefficient (Wildman–Crippen LogP) is 3.05. The molecule has 0 saturated carbocycles. The molecular formula is C31H35N5O6. The molecule has 2 bridgehead atoms.